The van der Waals surface area contributed by atoms with Gasteiger partial charge < -0.3 is 15.4 Å². The van der Waals surface area contributed by atoms with E-state index in [1.807, 2.05) is 0 Å². The number of nitrogens with zero attached hydrogens (tertiary/aromatic N) is 3. The highest BCUT2D eigenvalue weighted by Gasteiger charge is 2.31. The Morgan fingerprint density at radius 1 is 0.919 bits per heavy atom. The predicted octanol–water partition coefficient (Wildman–Crippen LogP) is 3.69. The number of rotatable bonds is 8. The zero-order chi connectivity index (χ0) is 26.6. The average molecular weight is 511 g/mol. The second-order valence-corrected chi connectivity index (χ2v) is 7.94. The number of amides is 2. The summed E-state index contributed by atoms with van der Waals surface area (Å²) in [5.74, 6) is -1.63. The van der Waals surface area contributed by atoms with Crippen LogP contribution in [0.1, 0.15) is 49.4 Å². The van der Waals surface area contributed by atoms with Crippen molar-refractivity contribution in [1.29, 1.82) is 0 Å². The van der Waals surface area contributed by atoms with E-state index in [1.54, 1.807) is 24.3 Å². The van der Waals surface area contributed by atoms with E-state index in [2.05, 4.69) is 25.5 Å². The minimum atomic E-state index is -4.83. The Bertz CT molecular complexity index is 1470. The molecular formula is C25H20F3N5O4. The van der Waals surface area contributed by atoms with Gasteiger partial charge in [-0.3, -0.25) is 14.4 Å². The second-order valence-electron chi connectivity index (χ2n) is 7.94. The van der Waals surface area contributed by atoms with Crippen molar-refractivity contribution in [2.24, 2.45) is 0 Å². The van der Waals surface area contributed by atoms with Crippen LogP contribution in [0.3, 0.4) is 0 Å². The zero-order valence-corrected chi connectivity index (χ0v) is 19.4. The maximum atomic E-state index is 12.9. The van der Waals surface area contributed by atoms with Crippen molar-refractivity contribution in [1.82, 2.24) is 25.2 Å². The van der Waals surface area contributed by atoms with Gasteiger partial charge in [0.05, 0.1) is 6.20 Å². The van der Waals surface area contributed by atoms with Crippen LogP contribution in [-0.4, -0.2) is 38.6 Å². The molecule has 0 atom stereocenters. The molecule has 0 spiro atoms. The number of benzene rings is 2. The summed E-state index contributed by atoms with van der Waals surface area (Å²) < 4.78 is 42.5. The summed E-state index contributed by atoms with van der Waals surface area (Å²) in [5, 5.41) is 9.40. The summed E-state index contributed by atoms with van der Waals surface area (Å²) in [4.78, 5) is 41.3. The highest BCUT2D eigenvalue weighted by molar-refractivity contribution is 5.98. The number of ether oxygens (including phenoxy) is 1. The predicted molar refractivity (Wildman–Crippen MR) is 125 cm³/mol. The lowest BCUT2D eigenvalue weighted by atomic mass is 10.1. The maximum Gasteiger partial charge on any atom is 0.573 e. The van der Waals surface area contributed by atoms with Gasteiger partial charge in [-0.2, -0.15) is 5.10 Å². The Morgan fingerprint density at radius 3 is 2.32 bits per heavy atom. The molecule has 2 aromatic heterocycles. The quantitative estimate of drug-likeness (QED) is 0.349. The van der Waals surface area contributed by atoms with Crippen molar-refractivity contribution in [2.75, 3.05) is 0 Å². The molecule has 2 heterocycles. The average Bonchev–Trinajstić information content (AvgIpc) is 3.33. The molecule has 37 heavy (non-hydrogen) atoms. The Hall–Kier alpha value is -4.74. The highest BCUT2D eigenvalue weighted by atomic mass is 19.4. The zero-order valence-electron chi connectivity index (χ0n) is 19.4. The highest BCUT2D eigenvalue weighted by Crippen LogP contribution is 2.23. The number of hydrogen-bond acceptors (Lipinski definition) is 6. The Morgan fingerprint density at radius 2 is 1.62 bits per heavy atom. The van der Waals surface area contributed by atoms with Crippen molar-refractivity contribution in [3.8, 4) is 5.75 Å². The molecule has 0 aliphatic heterocycles. The SMILES string of the molecule is CC(=O)c1ccc(CNC(=O)c2cc(C(=O)NCc3cccc(OC(F)(F)F)c3)nc3ccnn23)cc1. The summed E-state index contributed by atoms with van der Waals surface area (Å²) in [6.45, 7) is 1.53. The number of nitrogens with one attached hydrogen (secondary N) is 2. The van der Waals surface area contributed by atoms with Crippen molar-refractivity contribution in [2.45, 2.75) is 26.4 Å². The van der Waals surface area contributed by atoms with Gasteiger partial charge in [0.25, 0.3) is 11.8 Å². The lowest BCUT2D eigenvalue weighted by molar-refractivity contribution is -0.274. The van der Waals surface area contributed by atoms with Crippen molar-refractivity contribution in [3.05, 3.63) is 94.9 Å². The van der Waals surface area contributed by atoms with Crippen LogP contribution in [-0.2, 0) is 13.1 Å². The van der Waals surface area contributed by atoms with Crippen LogP contribution in [0.5, 0.6) is 5.75 Å². The number of ketones is 1. The van der Waals surface area contributed by atoms with Gasteiger partial charge in [-0.25, -0.2) is 9.50 Å². The third-order valence-electron chi connectivity index (χ3n) is 5.22. The summed E-state index contributed by atoms with van der Waals surface area (Å²) >= 11 is 0. The number of alkyl halides is 3. The van der Waals surface area contributed by atoms with Crippen molar-refractivity contribution in [3.63, 3.8) is 0 Å². The molecule has 0 unspecified atom stereocenters. The summed E-state index contributed by atoms with van der Waals surface area (Å²) in [5.41, 5.74) is 1.92. The lowest BCUT2D eigenvalue weighted by Gasteiger charge is -2.11. The molecule has 4 aromatic rings. The van der Waals surface area contributed by atoms with Crippen LogP contribution >= 0.6 is 0 Å². The number of carbonyl (C=O) groups is 3. The lowest BCUT2D eigenvalue weighted by Crippen LogP contribution is -2.28. The maximum absolute atomic E-state index is 12.9. The summed E-state index contributed by atoms with van der Waals surface area (Å²) in [7, 11) is 0. The molecule has 0 aliphatic carbocycles. The van der Waals surface area contributed by atoms with Crippen molar-refractivity contribution < 1.29 is 32.3 Å². The van der Waals surface area contributed by atoms with E-state index in [4.69, 9.17) is 0 Å². The van der Waals surface area contributed by atoms with Gasteiger partial charge in [0.1, 0.15) is 17.1 Å². The van der Waals surface area contributed by atoms with Gasteiger partial charge >= 0.3 is 6.36 Å². The molecular weight excluding hydrogens is 491 g/mol. The summed E-state index contributed by atoms with van der Waals surface area (Å²) in [6.07, 6.45) is -3.41. The second kappa shape index (κ2) is 10.5. The number of aromatic nitrogens is 3. The molecule has 0 saturated carbocycles. The van der Waals surface area contributed by atoms with Gasteiger partial charge in [-0.15, -0.1) is 13.2 Å². The van der Waals surface area contributed by atoms with Crippen LogP contribution in [0.4, 0.5) is 13.2 Å². The minimum Gasteiger partial charge on any atom is -0.406 e. The van der Waals surface area contributed by atoms with Gasteiger partial charge in [0.15, 0.2) is 11.4 Å². The topological polar surface area (TPSA) is 115 Å². The smallest absolute Gasteiger partial charge is 0.406 e. The van der Waals surface area contributed by atoms with E-state index in [9.17, 15) is 27.6 Å². The van der Waals surface area contributed by atoms with Gasteiger partial charge in [0.2, 0.25) is 0 Å². The Balaban J connectivity index is 1.46. The molecule has 12 heteroatoms. The van der Waals surface area contributed by atoms with Crippen LogP contribution in [0.2, 0.25) is 0 Å². The fraction of sp³-hybridized carbons (Fsp3) is 0.160. The van der Waals surface area contributed by atoms with E-state index in [0.29, 0.717) is 11.1 Å². The number of halogens is 3. The molecule has 0 aliphatic rings. The molecule has 0 bridgehead atoms. The van der Waals surface area contributed by atoms with Gasteiger partial charge in [-0.1, -0.05) is 36.4 Å². The molecule has 0 fully saturated rings. The van der Waals surface area contributed by atoms with E-state index < -0.39 is 23.9 Å². The van der Waals surface area contributed by atoms with Crippen LogP contribution in [0, 0.1) is 0 Å². The van der Waals surface area contributed by atoms with E-state index in [-0.39, 0.29) is 35.9 Å². The largest absolute Gasteiger partial charge is 0.573 e. The standard InChI is InChI=1S/C25H20F3N5O4/c1-15(34)18-7-5-16(6-8-18)13-30-24(36)21-12-20(32-22-9-10-31-33(21)22)23(35)29-14-17-3-2-4-19(11-17)37-25(26,27)28/h2-12H,13-14H2,1H3,(H,29,35)(H,30,36). The van der Waals surface area contributed by atoms with Gasteiger partial charge in [-0.05, 0) is 30.2 Å². The first kappa shape index (κ1) is 25.4. The first-order valence-corrected chi connectivity index (χ1v) is 10.9. The van der Waals surface area contributed by atoms with Crippen LogP contribution in [0.25, 0.3) is 5.65 Å². The fourth-order valence-corrected chi connectivity index (χ4v) is 3.45. The number of hydrogen-bond donors (Lipinski definition) is 2. The Labute approximate surface area is 208 Å². The number of fused-ring (bicyclic) bond motifs is 1. The number of carbonyl (C=O) groups excluding carboxylic acids is 3. The third kappa shape index (κ3) is 6.48. The van der Waals surface area contributed by atoms with E-state index in [0.717, 1.165) is 17.7 Å². The first-order chi connectivity index (χ1) is 17.6. The molecule has 4 rings (SSSR count). The number of Topliss-reactive ketones (excluding diaryl/α,β-unsaturated/α-hetero) is 1. The molecule has 190 valence electrons. The Kier molecular flexibility index (Phi) is 7.18. The minimum absolute atomic E-state index is 0.0566. The molecule has 9 nitrogen and oxygen atoms in total. The molecule has 2 N–H and O–H groups in total. The van der Waals surface area contributed by atoms with Crippen LogP contribution in [0.15, 0.2) is 66.9 Å². The molecule has 0 radical (unpaired) electrons. The van der Waals surface area contributed by atoms with Crippen molar-refractivity contribution >= 4 is 23.2 Å². The molecule has 0 saturated heterocycles. The van der Waals surface area contributed by atoms with Gasteiger partial charge in [0, 0.05) is 30.8 Å². The summed E-state index contributed by atoms with van der Waals surface area (Å²) in [6, 6.07) is 14.8. The molecule has 2 amide bonds. The van der Waals surface area contributed by atoms with E-state index >= 15 is 0 Å². The fourth-order valence-electron chi connectivity index (χ4n) is 3.45. The van der Waals surface area contributed by atoms with Crippen LogP contribution < -0.4 is 15.4 Å². The monoisotopic (exact) mass is 511 g/mol. The third-order valence-corrected chi connectivity index (χ3v) is 5.22. The normalized spacial score (nSPS) is 11.2. The molecule has 2 aromatic carbocycles. The van der Waals surface area contributed by atoms with E-state index in [1.165, 1.54) is 41.9 Å². The first-order valence-electron chi connectivity index (χ1n) is 10.9.